The summed E-state index contributed by atoms with van der Waals surface area (Å²) in [5.41, 5.74) is 1.23. The highest BCUT2D eigenvalue weighted by Gasteiger charge is 2.46. The van der Waals surface area contributed by atoms with Crippen molar-refractivity contribution < 1.29 is 22.8 Å². The first-order chi connectivity index (χ1) is 10.1. The van der Waals surface area contributed by atoms with Crippen LogP contribution < -0.4 is 9.47 Å². The molecule has 4 rings (SSSR count). The van der Waals surface area contributed by atoms with E-state index in [0.717, 1.165) is 18.6 Å². The van der Waals surface area contributed by atoms with Crippen LogP contribution in [0.5, 0.6) is 11.5 Å². The van der Waals surface area contributed by atoms with Gasteiger partial charge in [-0.15, -0.1) is 20.5 Å². The summed E-state index contributed by atoms with van der Waals surface area (Å²) in [5, 5.41) is 3.80. The van der Waals surface area contributed by atoms with Crippen molar-refractivity contribution in [3.63, 3.8) is 0 Å². The molecule has 1 aliphatic heterocycles. The summed E-state index contributed by atoms with van der Waals surface area (Å²) in [6.07, 6.45) is 1.76. The highest BCUT2D eigenvalue weighted by Crippen LogP contribution is 2.53. The molecule has 1 aliphatic carbocycles. The van der Waals surface area contributed by atoms with Gasteiger partial charge in [-0.1, -0.05) is 5.16 Å². The average Bonchev–Trinajstić information content (AvgIpc) is 3.07. The smallest absolute Gasteiger partial charge is 0.395 e. The molecule has 0 radical (unpaired) electrons. The van der Waals surface area contributed by atoms with Gasteiger partial charge in [0.2, 0.25) is 0 Å². The molecule has 21 heavy (non-hydrogen) atoms. The van der Waals surface area contributed by atoms with E-state index in [1.54, 1.807) is 24.6 Å². The van der Waals surface area contributed by atoms with Crippen molar-refractivity contribution in [1.29, 1.82) is 0 Å². The number of rotatable bonds is 3. The molecule has 0 spiro atoms. The molecule has 1 aromatic carbocycles. The SMILES string of the molecule is CSc1ccc(-c2cnoc2C2CC2)c2c1OC(F)(F)O2. The maximum atomic E-state index is 13.5. The van der Waals surface area contributed by atoms with Crippen LogP contribution in [0.4, 0.5) is 8.78 Å². The summed E-state index contributed by atoms with van der Waals surface area (Å²) in [6, 6.07) is 3.49. The summed E-state index contributed by atoms with van der Waals surface area (Å²) >= 11 is 1.33. The van der Waals surface area contributed by atoms with Gasteiger partial charge in [-0.2, -0.15) is 0 Å². The summed E-state index contributed by atoms with van der Waals surface area (Å²) in [5.74, 6) is 1.18. The lowest BCUT2D eigenvalue weighted by Crippen LogP contribution is -2.26. The lowest BCUT2D eigenvalue weighted by Gasteiger charge is -2.07. The third-order valence-corrected chi connectivity index (χ3v) is 4.34. The molecular formula is C14H11F2NO3S. The minimum absolute atomic E-state index is 0.0527. The second-order valence-corrected chi connectivity index (χ2v) is 5.87. The molecule has 2 heterocycles. The highest BCUT2D eigenvalue weighted by molar-refractivity contribution is 7.98. The quantitative estimate of drug-likeness (QED) is 0.792. The summed E-state index contributed by atoms with van der Waals surface area (Å²) < 4.78 is 41.5. The largest absolute Gasteiger partial charge is 0.586 e. The number of fused-ring (bicyclic) bond motifs is 1. The van der Waals surface area contributed by atoms with Gasteiger partial charge >= 0.3 is 6.29 Å². The van der Waals surface area contributed by atoms with Gasteiger partial charge in [-0.3, -0.25) is 0 Å². The Morgan fingerprint density at radius 3 is 2.67 bits per heavy atom. The van der Waals surface area contributed by atoms with Crippen molar-refractivity contribution in [2.75, 3.05) is 6.26 Å². The van der Waals surface area contributed by atoms with Crippen LogP contribution in [0.15, 0.2) is 27.7 Å². The molecule has 1 saturated carbocycles. The van der Waals surface area contributed by atoms with Gasteiger partial charge < -0.3 is 14.0 Å². The maximum absolute atomic E-state index is 13.5. The van der Waals surface area contributed by atoms with E-state index >= 15 is 0 Å². The molecule has 0 amide bonds. The van der Waals surface area contributed by atoms with E-state index in [1.165, 1.54) is 11.8 Å². The van der Waals surface area contributed by atoms with Gasteiger partial charge in [0.05, 0.1) is 11.1 Å². The zero-order valence-corrected chi connectivity index (χ0v) is 11.9. The predicted molar refractivity (Wildman–Crippen MR) is 71.9 cm³/mol. The molecule has 2 aromatic rings. The fourth-order valence-electron chi connectivity index (χ4n) is 2.46. The lowest BCUT2D eigenvalue weighted by atomic mass is 10.0. The summed E-state index contributed by atoms with van der Waals surface area (Å²) in [7, 11) is 0. The monoisotopic (exact) mass is 311 g/mol. The topological polar surface area (TPSA) is 44.5 Å². The van der Waals surface area contributed by atoms with Crippen molar-refractivity contribution in [2.45, 2.75) is 29.9 Å². The van der Waals surface area contributed by atoms with Crippen molar-refractivity contribution in [2.24, 2.45) is 0 Å². The Kier molecular flexibility index (Phi) is 2.69. The number of aromatic nitrogens is 1. The average molecular weight is 311 g/mol. The van der Waals surface area contributed by atoms with Crippen LogP contribution >= 0.6 is 11.8 Å². The van der Waals surface area contributed by atoms with E-state index in [4.69, 9.17) is 9.26 Å². The lowest BCUT2D eigenvalue weighted by molar-refractivity contribution is -0.287. The molecule has 4 nitrogen and oxygen atoms in total. The Morgan fingerprint density at radius 2 is 1.95 bits per heavy atom. The number of benzene rings is 1. The number of halogens is 2. The van der Waals surface area contributed by atoms with Crippen molar-refractivity contribution in [3.05, 3.63) is 24.1 Å². The van der Waals surface area contributed by atoms with Gasteiger partial charge in [-0.05, 0) is 31.2 Å². The van der Waals surface area contributed by atoms with Crippen molar-refractivity contribution in [3.8, 4) is 22.6 Å². The van der Waals surface area contributed by atoms with Crippen molar-refractivity contribution >= 4 is 11.8 Å². The summed E-state index contributed by atoms with van der Waals surface area (Å²) in [6.45, 7) is 0. The fourth-order valence-corrected chi connectivity index (χ4v) is 2.99. The van der Waals surface area contributed by atoms with E-state index in [2.05, 4.69) is 9.89 Å². The second kappa shape index (κ2) is 4.37. The first-order valence-electron chi connectivity index (χ1n) is 6.51. The van der Waals surface area contributed by atoms with Gasteiger partial charge in [0.15, 0.2) is 11.5 Å². The molecular weight excluding hydrogens is 300 g/mol. The molecule has 0 atom stereocenters. The number of ether oxygens (including phenoxy) is 2. The highest BCUT2D eigenvalue weighted by atomic mass is 32.2. The van der Waals surface area contributed by atoms with E-state index in [1.807, 2.05) is 0 Å². The Morgan fingerprint density at radius 1 is 1.19 bits per heavy atom. The molecule has 0 bridgehead atoms. The number of thioether (sulfide) groups is 1. The minimum Gasteiger partial charge on any atom is -0.395 e. The molecule has 7 heteroatoms. The first-order valence-corrected chi connectivity index (χ1v) is 7.73. The van der Waals surface area contributed by atoms with E-state index in [-0.39, 0.29) is 11.5 Å². The summed E-state index contributed by atoms with van der Waals surface area (Å²) in [4.78, 5) is 0.607. The van der Waals surface area contributed by atoms with Gasteiger partial charge in [-0.25, -0.2) is 0 Å². The Hall–Kier alpha value is -1.76. The predicted octanol–water partition coefficient (Wildman–Crippen LogP) is 4.26. The fraction of sp³-hybridized carbons (Fsp3) is 0.357. The number of hydrogen-bond donors (Lipinski definition) is 0. The normalized spacial score (nSPS) is 19.0. The van der Waals surface area contributed by atoms with Crippen LogP contribution in [-0.2, 0) is 0 Å². The molecule has 1 fully saturated rings. The number of alkyl halides is 2. The van der Waals surface area contributed by atoms with Crippen LogP contribution in [-0.4, -0.2) is 17.7 Å². The van der Waals surface area contributed by atoms with Crippen molar-refractivity contribution in [1.82, 2.24) is 5.16 Å². The van der Waals surface area contributed by atoms with E-state index < -0.39 is 6.29 Å². The zero-order chi connectivity index (χ0) is 14.6. The molecule has 1 aromatic heterocycles. The molecule has 110 valence electrons. The molecule has 0 unspecified atom stereocenters. The maximum Gasteiger partial charge on any atom is 0.586 e. The first kappa shape index (κ1) is 12.9. The Labute approximate surface area is 123 Å². The minimum atomic E-state index is -3.64. The number of nitrogens with zero attached hydrogens (tertiary/aromatic N) is 1. The second-order valence-electron chi connectivity index (χ2n) is 5.02. The molecule has 0 saturated heterocycles. The van der Waals surface area contributed by atoms with Crippen LogP contribution in [0.25, 0.3) is 11.1 Å². The molecule has 0 N–H and O–H groups in total. The number of hydrogen-bond acceptors (Lipinski definition) is 5. The van der Waals surface area contributed by atoms with E-state index in [0.29, 0.717) is 21.9 Å². The van der Waals surface area contributed by atoms with Crippen LogP contribution in [0.2, 0.25) is 0 Å². The molecule has 2 aliphatic rings. The van der Waals surface area contributed by atoms with Crippen LogP contribution in [0.3, 0.4) is 0 Å². The standard InChI is InChI=1S/C14H11F2NO3S/c1-21-10-5-4-8(12-13(10)19-14(15,16)18-12)9-6-17-20-11(9)7-2-3-7/h4-7H,2-3H2,1H3. The van der Waals surface area contributed by atoms with Gasteiger partial charge in [0.1, 0.15) is 5.76 Å². The van der Waals surface area contributed by atoms with Crippen LogP contribution in [0, 0.1) is 0 Å². The van der Waals surface area contributed by atoms with Gasteiger partial charge in [0, 0.05) is 17.0 Å². The zero-order valence-electron chi connectivity index (χ0n) is 11.1. The van der Waals surface area contributed by atoms with Gasteiger partial charge in [0.25, 0.3) is 0 Å². The Bertz CT molecular complexity index is 712. The Balaban J connectivity index is 1.87. The van der Waals surface area contributed by atoms with Crippen LogP contribution in [0.1, 0.15) is 24.5 Å². The van der Waals surface area contributed by atoms with E-state index in [9.17, 15) is 8.78 Å². The third kappa shape index (κ3) is 2.07. The third-order valence-electron chi connectivity index (χ3n) is 3.57.